The number of benzene rings is 1. The minimum absolute atomic E-state index is 0.0355. The molecule has 1 aromatic carbocycles. The number of amides is 1. The van der Waals surface area contributed by atoms with Gasteiger partial charge in [0.05, 0.1) is 35.8 Å². The summed E-state index contributed by atoms with van der Waals surface area (Å²) < 4.78 is 5.46. The molecule has 2 unspecified atom stereocenters. The number of ether oxygens (including phenoxy) is 1. The summed E-state index contributed by atoms with van der Waals surface area (Å²) >= 11 is 6.28. The number of fused-ring (bicyclic) bond motifs is 1. The van der Waals surface area contributed by atoms with Crippen molar-refractivity contribution in [3.05, 3.63) is 41.0 Å². The summed E-state index contributed by atoms with van der Waals surface area (Å²) in [6.45, 7) is 5.07. The van der Waals surface area contributed by atoms with Crippen LogP contribution in [0.25, 0.3) is 10.9 Å². The van der Waals surface area contributed by atoms with E-state index >= 15 is 0 Å². The van der Waals surface area contributed by atoms with Gasteiger partial charge in [0.15, 0.2) is 0 Å². The van der Waals surface area contributed by atoms with Crippen molar-refractivity contribution in [2.45, 2.75) is 25.9 Å². The Balaban J connectivity index is 2.01. The monoisotopic (exact) mass is 304 g/mol. The van der Waals surface area contributed by atoms with Gasteiger partial charge in [-0.1, -0.05) is 29.8 Å². The molecule has 2 heterocycles. The van der Waals surface area contributed by atoms with Crippen LogP contribution >= 0.6 is 11.6 Å². The highest BCUT2D eigenvalue weighted by Gasteiger charge is 2.31. The molecule has 0 aliphatic carbocycles. The van der Waals surface area contributed by atoms with Gasteiger partial charge in [0.2, 0.25) is 0 Å². The topological polar surface area (TPSA) is 42.4 Å². The first-order chi connectivity index (χ1) is 10.1. The average molecular weight is 305 g/mol. The largest absolute Gasteiger partial charge is 0.377 e. The van der Waals surface area contributed by atoms with Gasteiger partial charge in [-0.25, -0.2) is 4.98 Å². The van der Waals surface area contributed by atoms with E-state index in [1.807, 2.05) is 43.0 Å². The summed E-state index contributed by atoms with van der Waals surface area (Å²) in [5, 5.41) is 1.41. The fraction of sp³-hybridized carbons (Fsp3) is 0.375. The maximum absolute atomic E-state index is 12.8. The number of morpholine rings is 1. The molecule has 5 heteroatoms. The van der Waals surface area contributed by atoms with Crippen molar-refractivity contribution in [1.29, 1.82) is 0 Å². The zero-order chi connectivity index (χ0) is 15.0. The number of halogens is 1. The summed E-state index contributed by atoms with van der Waals surface area (Å²) in [5.41, 5.74) is 1.13. The van der Waals surface area contributed by atoms with Gasteiger partial charge in [0.1, 0.15) is 5.69 Å². The van der Waals surface area contributed by atoms with Crippen molar-refractivity contribution >= 4 is 28.4 Å². The Kier molecular flexibility index (Phi) is 3.83. The van der Waals surface area contributed by atoms with E-state index in [1.165, 1.54) is 0 Å². The molecular formula is C16H17ClN2O2. The van der Waals surface area contributed by atoms with Crippen LogP contribution in [0.2, 0.25) is 5.02 Å². The first-order valence-electron chi connectivity index (χ1n) is 7.03. The molecule has 1 fully saturated rings. The molecule has 1 aliphatic heterocycles. The minimum Gasteiger partial charge on any atom is -0.377 e. The van der Waals surface area contributed by atoms with Crippen molar-refractivity contribution < 1.29 is 9.53 Å². The van der Waals surface area contributed by atoms with Crippen molar-refractivity contribution in [2.75, 3.05) is 13.2 Å². The first-order valence-corrected chi connectivity index (χ1v) is 7.41. The van der Waals surface area contributed by atoms with Crippen LogP contribution < -0.4 is 0 Å². The fourth-order valence-corrected chi connectivity index (χ4v) is 3.04. The molecule has 1 saturated heterocycles. The highest BCUT2D eigenvalue weighted by Crippen LogP contribution is 2.24. The second kappa shape index (κ2) is 5.62. The van der Waals surface area contributed by atoms with E-state index in [2.05, 4.69) is 4.98 Å². The number of para-hydroxylation sites is 1. The third-order valence-electron chi connectivity index (χ3n) is 3.79. The number of hydrogen-bond acceptors (Lipinski definition) is 3. The maximum atomic E-state index is 12.8. The lowest BCUT2D eigenvalue weighted by Gasteiger charge is -2.38. The zero-order valence-electron chi connectivity index (χ0n) is 12.0. The third-order valence-corrected chi connectivity index (χ3v) is 4.10. The Morgan fingerprint density at radius 3 is 2.67 bits per heavy atom. The molecule has 0 N–H and O–H groups in total. The van der Waals surface area contributed by atoms with Crippen LogP contribution in [0.3, 0.4) is 0 Å². The van der Waals surface area contributed by atoms with Crippen LogP contribution in [0.15, 0.2) is 30.3 Å². The van der Waals surface area contributed by atoms with Crippen LogP contribution in [0.1, 0.15) is 24.3 Å². The molecule has 1 aliphatic rings. The molecule has 21 heavy (non-hydrogen) atoms. The van der Waals surface area contributed by atoms with Crippen molar-refractivity contribution in [3.8, 4) is 0 Å². The molecule has 3 rings (SSSR count). The number of carbonyl (C=O) groups excluding carboxylic acids is 1. The second-order valence-corrected chi connectivity index (χ2v) is 5.86. The van der Waals surface area contributed by atoms with E-state index in [9.17, 15) is 4.79 Å². The van der Waals surface area contributed by atoms with Gasteiger partial charge in [-0.05, 0) is 26.0 Å². The summed E-state index contributed by atoms with van der Waals surface area (Å²) in [6.07, 6.45) is 0. The van der Waals surface area contributed by atoms with E-state index in [0.29, 0.717) is 23.9 Å². The molecular weight excluding hydrogens is 288 g/mol. The van der Waals surface area contributed by atoms with Crippen LogP contribution in [-0.4, -0.2) is 41.1 Å². The number of nitrogens with zero attached hydrogens (tertiary/aromatic N) is 2. The van der Waals surface area contributed by atoms with Gasteiger partial charge in [-0.15, -0.1) is 0 Å². The smallest absolute Gasteiger partial charge is 0.273 e. The molecule has 110 valence electrons. The summed E-state index contributed by atoms with van der Waals surface area (Å²) in [5.74, 6) is -0.0917. The van der Waals surface area contributed by atoms with Gasteiger partial charge >= 0.3 is 0 Å². The van der Waals surface area contributed by atoms with E-state index in [4.69, 9.17) is 16.3 Å². The number of hydrogen-bond donors (Lipinski definition) is 0. The number of pyridine rings is 1. The normalized spacial score (nSPS) is 22.5. The first kappa shape index (κ1) is 14.3. The Hall–Kier alpha value is -1.65. The molecule has 0 saturated carbocycles. The van der Waals surface area contributed by atoms with Crippen molar-refractivity contribution in [3.63, 3.8) is 0 Å². The van der Waals surface area contributed by atoms with E-state index in [0.717, 1.165) is 10.9 Å². The SMILES string of the molecule is CC1COCC(C)N1C(=O)c1cc(Cl)c2ccccc2n1. The zero-order valence-corrected chi connectivity index (χ0v) is 12.8. The highest BCUT2D eigenvalue weighted by molar-refractivity contribution is 6.35. The lowest BCUT2D eigenvalue weighted by molar-refractivity contribution is -0.0252. The van der Waals surface area contributed by atoms with E-state index < -0.39 is 0 Å². The minimum atomic E-state index is -0.0917. The Bertz CT molecular complexity index is 679. The Morgan fingerprint density at radius 1 is 1.29 bits per heavy atom. The van der Waals surface area contributed by atoms with Gasteiger partial charge < -0.3 is 9.64 Å². The van der Waals surface area contributed by atoms with Gasteiger partial charge in [-0.3, -0.25) is 4.79 Å². The predicted octanol–water partition coefficient (Wildman–Crippen LogP) is 3.14. The number of rotatable bonds is 1. The van der Waals surface area contributed by atoms with Crippen LogP contribution in [0.4, 0.5) is 0 Å². The Labute approximate surface area is 128 Å². The van der Waals surface area contributed by atoms with Crippen LogP contribution in [0, 0.1) is 0 Å². The van der Waals surface area contributed by atoms with E-state index in [1.54, 1.807) is 6.07 Å². The summed E-state index contributed by atoms with van der Waals surface area (Å²) in [7, 11) is 0. The molecule has 0 bridgehead atoms. The average Bonchev–Trinajstić information content (AvgIpc) is 2.47. The third kappa shape index (κ3) is 2.61. The molecule has 0 radical (unpaired) electrons. The molecule has 2 aromatic rings. The summed E-state index contributed by atoms with van der Waals surface area (Å²) in [4.78, 5) is 19.1. The van der Waals surface area contributed by atoms with Crippen molar-refractivity contribution in [2.24, 2.45) is 0 Å². The molecule has 1 amide bonds. The quantitative estimate of drug-likeness (QED) is 0.813. The van der Waals surface area contributed by atoms with Gasteiger partial charge in [0.25, 0.3) is 5.91 Å². The predicted molar refractivity (Wildman–Crippen MR) is 82.7 cm³/mol. The van der Waals surface area contributed by atoms with E-state index in [-0.39, 0.29) is 18.0 Å². The lowest BCUT2D eigenvalue weighted by Crippen LogP contribution is -2.52. The Morgan fingerprint density at radius 2 is 1.95 bits per heavy atom. The number of carbonyl (C=O) groups is 1. The summed E-state index contributed by atoms with van der Waals surface area (Å²) in [6, 6.07) is 9.29. The highest BCUT2D eigenvalue weighted by atomic mass is 35.5. The number of aromatic nitrogens is 1. The molecule has 1 aromatic heterocycles. The fourth-order valence-electron chi connectivity index (χ4n) is 2.78. The van der Waals surface area contributed by atoms with Gasteiger partial charge in [-0.2, -0.15) is 0 Å². The van der Waals surface area contributed by atoms with Crippen LogP contribution in [0.5, 0.6) is 0 Å². The molecule has 2 atom stereocenters. The molecule has 0 spiro atoms. The second-order valence-electron chi connectivity index (χ2n) is 5.45. The van der Waals surface area contributed by atoms with Crippen molar-refractivity contribution in [1.82, 2.24) is 9.88 Å². The van der Waals surface area contributed by atoms with Gasteiger partial charge in [0, 0.05) is 5.39 Å². The molecule has 4 nitrogen and oxygen atoms in total. The lowest BCUT2D eigenvalue weighted by atomic mass is 10.1. The standard InChI is InChI=1S/C16H17ClN2O2/c1-10-8-21-9-11(2)19(10)16(20)15-7-13(17)12-5-3-4-6-14(12)18-15/h3-7,10-11H,8-9H2,1-2H3. The maximum Gasteiger partial charge on any atom is 0.273 e. The van der Waals surface area contributed by atoms with Crippen LogP contribution in [-0.2, 0) is 4.74 Å².